The van der Waals surface area contributed by atoms with Gasteiger partial charge in [-0.15, -0.1) is 0 Å². The Balaban J connectivity index is 2.10. The number of fused-ring (bicyclic) bond motifs is 1. The van der Waals surface area contributed by atoms with Crippen molar-refractivity contribution in [3.8, 4) is 0 Å². The molecule has 1 aromatic heterocycles. The Morgan fingerprint density at radius 2 is 2.04 bits per heavy atom. The lowest BCUT2D eigenvalue weighted by Gasteiger charge is -2.15. The van der Waals surface area contributed by atoms with Gasteiger partial charge in [0.05, 0.1) is 6.42 Å². The number of aliphatic carboxylic acids is 1. The second kappa shape index (κ2) is 6.91. The number of H-pyrrole nitrogens is 1. The van der Waals surface area contributed by atoms with Crippen LogP contribution >= 0.6 is 0 Å². The largest absolute Gasteiger partial charge is 0.481 e. The van der Waals surface area contributed by atoms with Crippen molar-refractivity contribution in [1.29, 1.82) is 0 Å². The number of carboxylic acid groups (broad SMARTS) is 1. The van der Waals surface area contributed by atoms with Gasteiger partial charge in [-0.25, -0.2) is 4.39 Å². The minimum Gasteiger partial charge on any atom is -0.481 e. The normalized spacial score (nSPS) is 12.0. The molecule has 0 saturated heterocycles. The molecule has 8 heteroatoms. The number of rotatable bonds is 7. The Labute approximate surface area is 130 Å². The van der Waals surface area contributed by atoms with Crippen molar-refractivity contribution in [1.82, 2.24) is 10.3 Å². The fraction of sp³-hybridized carbons (Fsp3) is 0.267. The molecule has 2 amide bonds. The molecule has 1 heterocycles. The Bertz CT molecular complexity index is 756. The number of nitrogens with two attached hydrogens (primary N) is 1. The molecule has 1 aromatic carbocycles. The number of amides is 2. The summed E-state index contributed by atoms with van der Waals surface area (Å²) in [6.07, 6.45) is 1.17. The average Bonchev–Trinajstić information content (AvgIpc) is 2.86. The molecule has 2 rings (SSSR count). The van der Waals surface area contributed by atoms with Gasteiger partial charge in [-0.1, -0.05) is 0 Å². The highest BCUT2D eigenvalue weighted by atomic mass is 19.1. The summed E-state index contributed by atoms with van der Waals surface area (Å²) in [4.78, 5) is 36.5. The Hall–Kier alpha value is -2.90. The van der Waals surface area contributed by atoms with Crippen LogP contribution in [0, 0.1) is 5.82 Å². The number of aromatic amines is 1. The van der Waals surface area contributed by atoms with E-state index in [1.165, 1.54) is 12.1 Å². The van der Waals surface area contributed by atoms with E-state index in [-0.39, 0.29) is 25.1 Å². The molecule has 0 spiro atoms. The number of aromatic nitrogens is 1. The highest BCUT2D eigenvalue weighted by molar-refractivity contribution is 5.89. The number of nitrogens with one attached hydrogen (secondary N) is 2. The SMILES string of the molecule is NC(=O)[C@H](Cc1c[nH]c2cc(F)ccc12)NC(=O)CCC(=O)O. The smallest absolute Gasteiger partial charge is 0.303 e. The molecule has 7 nitrogen and oxygen atoms in total. The average molecular weight is 321 g/mol. The quantitative estimate of drug-likeness (QED) is 0.598. The van der Waals surface area contributed by atoms with E-state index < -0.39 is 23.8 Å². The number of benzene rings is 1. The predicted molar refractivity (Wildman–Crippen MR) is 80.0 cm³/mol. The summed E-state index contributed by atoms with van der Waals surface area (Å²) in [5.41, 5.74) is 6.55. The topological polar surface area (TPSA) is 125 Å². The summed E-state index contributed by atoms with van der Waals surface area (Å²) in [7, 11) is 0. The van der Waals surface area contributed by atoms with Crippen molar-refractivity contribution in [2.45, 2.75) is 25.3 Å². The summed E-state index contributed by atoms with van der Waals surface area (Å²) in [5, 5.41) is 11.7. The minimum absolute atomic E-state index is 0.125. The highest BCUT2D eigenvalue weighted by Gasteiger charge is 2.20. The molecule has 0 bridgehead atoms. The third-order valence-corrected chi connectivity index (χ3v) is 3.40. The second-order valence-electron chi connectivity index (χ2n) is 5.12. The number of hydrogen-bond acceptors (Lipinski definition) is 3. The van der Waals surface area contributed by atoms with Crippen LogP contribution in [0.25, 0.3) is 10.9 Å². The summed E-state index contributed by atoms with van der Waals surface area (Å²) in [5.74, 6) is -2.79. The summed E-state index contributed by atoms with van der Waals surface area (Å²) in [6, 6.07) is 3.22. The van der Waals surface area contributed by atoms with E-state index in [2.05, 4.69) is 10.3 Å². The molecule has 0 aliphatic rings. The number of carbonyl (C=O) groups excluding carboxylic acids is 2. The highest BCUT2D eigenvalue weighted by Crippen LogP contribution is 2.20. The first-order chi connectivity index (χ1) is 10.9. The molecule has 0 radical (unpaired) electrons. The molecular weight excluding hydrogens is 305 g/mol. The Morgan fingerprint density at radius 3 is 2.70 bits per heavy atom. The molecular formula is C15H16FN3O4. The Morgan fingerprint density at radius 1 is 1.30 bits per heavy atom. The molecule has 23 heavy (non-hydrogen) atoms. The molecule has 0 aliphatic heterocycles. The molecule has 1 atom stereocenters. The van der Waals surface area contributed by atoms with Gasteiger partial charge in [-0.05, 0) is 23.8 Å². The van der Waals surface area contributed by atoms with Crippen molar-refractivity contribution >= 4 is 28.7 Å². The number of carbonyl (C=O) groups is 3. The summed E-state index contributed by atoms with van der Waals surface area (Å²) >= 11 is 0. The predicted octanol–water partition coefficient (Wildman–Crippen LogP) is 0.684. The van der Waals surface area contributed by atoms with Gasteiger partial charge in [0.2, 0.25) is 11.8 Å². The monoisotopic (exact) mass is 321 g/mol. The van der Waals surface area contributed by atoms with Crippen LogP contribution in [0.4, 0.5) is 4.39 Å². The molecule has 5 N–H and O–H groups in total. The van der Waals surface area contributed by atoms with E-state index in [9.17, 15) is 18.8 Å². The standard InChI is InChI=1S/C15H16FN3O4/c16-9-1-2-10-8(7-18-11(10)6-9)5-12(15(17)23)19-13(20)3-4-14(21)22/h1-2,6-7,12,18H,3-5H2,(H2,17,23)(H,19,20)(H,21,22)/t12-/m0/s1. The molecule has 0 unspecified atom stereocenters. The lowest BCUT2D eigenvalue weighted by molar-refractivity contribution is -0.139. The van der Waals surface area contributed by atoms with Gasteiger partial charge >= 0.3 is 5.97 Å². The zero-order valence-corrected chi connectivity index (χ0v) is 12.1. The van der Waals surface area contributed by atoms with Gasteiger partial charge in [0.25, 0.3) is 0 Å². The second-order valence-corrected chi connectivity index (χ2v) is 5.12. The third kappa shape index (κ3) is 4.29. The van der Waals surface area contributed by atoms with E-state index in [0.717, 1.165) is 5.39 Å². The number of primary amides is 1. The maximum atomic E-state index is 13.2. The minimum atomic E-state index is -1.10. The van der Waals surface area contributed by atoms with Crippen molar-refractivity contribution < 1.29 is 23.9 Å². The van der Waals surface area contributed by atoms with Gasteiger partial charge in [0.15, 0.2) is 0 Å². The molecule has 0 fully saturated rings. The van der Waals surface area contributed by atoms with Gasteiger partial charge in [-0.2, -0.15) is 0 Å². The number of hydrogen-bond donors (Lipinski definition) is 4. The van der Waals surface area contributed by atoms with Gasteiger partial charge in [0.1, 0.15) is 11.9 Å². The van der Waals surface area contributed by atoms with Crippen molar-refractivity contribution in [3.05, 3.63) is 35.8 Å². The van der Waals surface area contributed by atoms with Crippen molar-refractivity contribution in [2.24, 2.45) is 5.73 Å². The van der Waals surface area contributed by atoms with Crippen LogP contribution in [-0.2, 0) is 20.8 Å². The summed E-state index contributed by atoms with van der Waals surface area (Å²) in [6.45, 7) is 0. The first-order valence-corrected chi connectivity index (χ1v) is 6.93. The van der Waals surface area contributed by atoms with Gasteiger partial charge in [-0.3, -0.25) is 14.4 Å². The molecule has 122 valence electrons. The van der Waals surface area contributed by atoms with Crippen LogP contribution in [0.2, 0.25) is 0 Å². The van der Waals surface area contributed by atoms with Crippen LogP contribution < -0.4 is 11.1 Å². The van der Waals surface area contributed by atoms with Crippen molar-refractivity contribution in [2.75, 3.05) is 0 Å². The fourth-order valence-corrected chi connectivity index (χ4v) is 2.26. The molecule has 0 saturated carbocycles. The number of carboxylic acids is 1. The maximum absolute atomic E-state index is 13.2. The first-order valence-electron chi connectivity index (χ1n) is 6.93. The maximum Gasteiger partial charge on any atom is 0.303 e. The van der Waals surface area contributed by atoms with Gasteiger partial charge in [0, 0.05) is 29.9 Å². The third-order valence-electron chi connectivity index (χ3n) is 3.40. The fourth-order valence-electron chi connectivity index (χ4n) is 2.26. The van der Waals surface area contributed by atoms with Gasteiger partial charge < -0.3 is 21.1 Å². The molecule has 2 aromatic rings. The zero-order valence-electron chi connectivity index (χ0n) is 12.1. The van der Waals surface area contributed by atoms with E-state index in [1.807, 2.05) is 0 Å². The lowest BCUT2D eigenvalue weighted by Crippen LogP contribution is -2.45. The lowest BCUT2D eigenvalue weighted by atomic mass is 10.0. The first kappa shape index (κ1) is 16.5. The van der Waals surface area contributed by atoms with Crippen molar-refractivity contribution in [3.63, 3.8) is 0 Å². The van der Waals surface area contributed by atoms with E-state index in [1.54, 1.807) is 12.3 Å². The van der Waals surface area contributed by atoms with E-state index in [0.29, 0.717) is 11.1 Å². The van der Waals surface area contributed by atoms with Crippen LogP contribution in [0.3, 0.4) is 0 Å². The molecule has 0 aliphatic carbocycles. The van der Waals surface area contributed by atoms with Crippen LogP contribution in [0.5, 0.6) is 0 Å². The zero-order chi connectivity index (χ0) is 17.0. The van der Waals surface area contributed by atoms with E-state index >= 15 is 0 Å². The van der Waals surface area contributed by atoms with Crippen LogP contribution in [0.1, 0.15) is 18.4 Å². The Kier molecular flexibility index (Phi) is 4.95. The number of halogens is 1. The van der Waals surface area contributed by atoms with Crippen LogP contribution in [-0.4, -0.2) is 33.9 Å². The van der Waals surface area contributed by atoms with Crippen LogP contribution in [0.15, 0.2) is 24.4 Å². The van der Waals surface area contributed by atoms with E-state index in [4.69, 9.17) is 10.8 Å². The summed E-state index contributed by atoms with van der Waals surface area (Å²) < 4.78 is 13.2.